The van der Waals surface area contributed by atoms with Gasteiger partial charge in [-0.3, -0.25) is 9.97 Å². The van der Waals surface area contributed by atoms with Crippen LogP contribution in [0, 0.1) is 13.8 Å². The second-order valence-corrected chi connectivity index (χ2v) is 44.5. The predicted molar refractivity (Wildman–Crippen MR) is 527 cm³/mol. The summed E-state index contributed by atoms with van der Waals surface area (Å²) in [5.41, 5.74) is 33.3. The molecule has 128 heavy (non-hydrogen) atoms. The molecule has 8 aromatic heterocycles. The molecule has 6 aliphatic heterocycles. The zero-order chi connectivity index (χ0) is 84.8. The fourth-order valence-electron chi connectivity index (χ4n) is 25.6. The van der Waals surface area contributed by atoms with Gasteiger partial charge in [-0.2, -0.15) is 0 Å². The number of benzene rings is 15. The Morgan fingerprint density at radius 1 is 0.258 bits per heavy atom. The number of aromatic nitrogens is 12. The first kappa shape index (κ1) is 70.9. The molecule has 0 bridgehead atoms. The van der Waals surface area contributed by atoms with Crippen molar-refractivity contribution in [3.05, 3.63) is 362 Å². The zero-order valence-electron chi connectivity index (χ0n) is 71.5. The van der Waals surface area contributed by atoms with Gasteiger partial charge in [0.15, 0.2) is 27.8 Å². The first-order chi connectivity index (χ1) is 62.8. The summed E-state index contributed by atoms with van der Waals surface area (Å²) in [7, 11) is -2.23. The lowest BCUT2D eigenvalue weighted by molar-refractivity contribution is 0.611. The van der Waals surface area contributed by atoms with Crippen molar-refractivity contribution in [1.82, 2.24) is 57.8 Å². The lowest BCUT2D eigenvalue weighted by Crippen LogP contribution is -2.75. The van der Waals surface area contributed by atoms with E-state index in [0.717, 1.165) is 124 Å². The topological polar surface area (TPSA) is 107 Å². The molecule has 6 aliphatic rings. The van der Waals surface area contributed by atoms with Crippen LogP contribution in [-0.4, -0.2) is 73.9 Å². The van der Waals surface area contributed by atoms with Crippen molar-refractivity contribution < 1.29 is 0 Å². The number of aryl methyl sites for hydroxylation is 2. The largest absolute Gasteiger partial charge is 0.314 e. The third-order valence-corrected chi connectivity index (χ3v) is 40.7. The van der Waals surface area contributed by atoms with Crippen LogP contribution in [0.25, 0.3) is 200 Å². The molecule has 23 aromatic rings. The summed E-state index contributed by atoms with van der Waals surface area (Å²) in [6, 6.07) is 122. The predicted octanol–water partition coefficient (Wildman–Crippen LogP) is 20.4. The molecule has 12 nitrogen and oxygen atoms in total. The number of rotatable bonds is 6. The van der Waals surface area contributed by atoms with Gasteiger partial charge >= 0.3 is 0 Å². The van der Waals surface area contributed by atoms with Crippen LogP contribution in [-0.2, 0) is 24.9 Å². The highest BCUT2D eigenvalue weighted by atomic mass is 28.3. The van der Waals surface area contributed by atoms with Gasteiger partial charge in [-0.05, 0) is 172 Å². The third-order valence-electron chi connectivity index (χ3n) is 30.9. The van der Waals surface area contributed by atoms with Crippen molar-refractivity contribution in [2.45, 2.75) is 52.4 Å². The summed E-state index contributed by atoms with van der Waals surface area (Å²) in [5.74, 6) is 3.30. The van der Waals surface area contributed by atoms with E-state index in [1.807, 2.05) is 12.4 Å². The number of nitrogens with zero attached hydrogens (tertiary/aromatic N) is 12. The first-order valence-electron chi connectivity index (χ1n) is 44.5. The molecule has 0 saturated heterocycles. The minimum absolute atomic E-state index is 0.585. The van der Waals surface area contributed by atoms with Crippen molar-refractivity contribution in [3.63, 3.8) is 0 Å². The molecule has 14 heterocycles. The fourth-order valence-corrected chi connectivity index (χ4v) is 36.7. The van der Waals surface area contributed by atoms with Crippen molar-refractivity contribution >= 4 is 145 Å². The van der Waals surface area contributed by atoms with E-state index in [1.165, 1.54) is 151 Å². The van der Waals surface area contributed by atoms with E-state index in [2.05, 4.69) is 398 Å². The molecule has 0 aliphatic carbocycles. The molecular weight excluding hydrogens is 1590 g/mol. The molecule has 0 unspecified atom stereocenters. The van der Waals surface area contributed by atoms with E-state index in [9.17, 15) is 0 Å². The van der Waals surface area contributed by atoms with Crippen LogP contribution < -0.4 is 41.5 Å². The fraction of sp³-hybridized carbons (Fsp3) is 0.0877. The molecule has 0 fully saturated rings. The van der Waals surface area contributed by atoms with Crippen LogP contribution in [0.4, 0.5) is 0 Å². The number of para-hydroxylation sites is 6. The molecule has 2 spiro atoms. The second-order valence-electron chi connectivity index (χ2n) is 37.2. The van der Waals surface area contributed by atoms with Gasteiger partial charge in [0, 0.05) is 114 Å². The maximum Gasteiger partial charge on any atom is 0.185 e. The lowest BCUT2D eigenvalue weighted by atomic mass is 9.66. The van der Waals surface area contributed by atoms with Crippen LogP contribution in [0.3, 0.4) is 0 Å². The van der Waals surface area contributed by atoms with Gasteiger partial charge in [0.05, 0.1) is 78.3 Å². The standard InChI is InChI=1S/C114H78N12Si2/c1-63-117-119-111(121(63)7)99-102-110(100(112-120-118-64(2)122(112)8)101-109(99)123-85-43-15-9-29-67(85)75-35-25-39-81(103(75)123)113(101,3)4)124-87-55-51-65(61-79(87)77-36-26-40-82(104(77)124)114(102,5)6)66-52-56-88-80(62-66)78-38-28-50-94-106(78)126(88)108-96(128(94)91-47-19-13-33-71(91)72-34-14-20-48-92(72)128)58-54-74(98(108)84-42-22-24-60-116-84)73-53-57-95-107(97(73)83-41-21-23-59-115-83)125-86-44-16-10-30-68(86)76-37-27-49-93(105(76)125)127(95)89-45-17-11-31-69(89)70-32-12-18-46-90(70)127/h9-62H,1-8H3. The van der Waals surface area contributed by atoms with E-state index >= 15 is 0 Å². The molecule has 29 rings (SSSR count). The van der Waals surface area contributed by atoms with E-state index in [-0.39, 0.29) is 0 Å². The van der Waals surface area contributed by atoms with Crippen molar-refractivity contribution in [2.75, 3.05) is 0 Å². The maximum absolute atomic E-state index is 5.63. The van der Waals surface area contributed by atoms with E-state index in [4.69, 9.17) is 30.4 Å². The van der Waals surface area contributed by atoms with Crippen LogP contribution in [0.5, 0.6) is 0 Å². The number of hydrogen-bond acceptors (Lipinski definition) is 6. The van der Waals surface area contributed by atoms with Gasteiger partial charge in [0.25, 0.3) is 0 Å². The van der Waals surface area contributed by atoms with Crippen molar-refractivity contribution in [3.8, 4) is 113 Å². The molecule has 14 heteroatoms. The zero-order valence-corrected chi connectivity index (χ0v) is 73.5. The van der Waals surface area contributed by atoms with Gasteiger partial charge in [0.1, 0.15) is 11.6 Å². The van der Waals surface area contributed by atoms with Crippen LogP contribution in [0.15, 0.2) is 328 Å². The molecule has 0 radical (unpaired) electrons. The van der Waals surface area contributed by atoms with E-state index < -0.39 is 27.0 Å². The monoisotopic (exact) mass is 1670 g/mol. The summed E-state index contributed by atoms with van der Waals surface area (Å²) in [6.45, 7) is 13.8. The van der Waals surface area contributed by atoms with E-state index in [0.29, 0.717) is 0 Å². The SMILES string of the molecule is Cc1nnc(-c2c3c(c(-c4nnc(C)n4C)c4c2C(C)(C)c2cccc5c6ccccc6n-4c25)C(C)(C)c2cccc4c5cc(-c6ccc7c(c6)c6cccc8c6n7-c6c(ccc(-c7ccc9c(c7-c7ccccn7)-n7c%10ccccc%10c%10cccc(c%107)[Si]97c9ccccc9-c9ccccc97)c6-c6ccccn6)[Si]86c7ccccc7-c7ccccc76)ccc5n-3c24)n1C. The normalized spacial score (nSPS) is 14.8. The average molecular weight is 1670 g/mol. The molecule has 0 saturated carbocycles. The number of fused-ring (bicyclic) bond motifs is 34. The Balaban J connectivity index is 0.708. The molecule has 0 amide bonds. The Labute approximate surface area is 738 Å². The molecule has 15 aromatic carbocycles. The summed E-state index contributed by atoms with van der Waals surface area (Å²) < 4.78 is 14.9. The Hall–Kier alpha value is -15.5. The summed E-state index contributed by atoms with van der Waals surface area (Å²) in [6.07, 6.45) is 3.99. The highest BCUT2D eigenvalue weighted by molar-refractivity contribution is 7.24. The Morgan fingerprint density at radius 2 is 0.594 bits per heavy atom. The van der Waals surface area contributed by atoms with Gasteiger partial charge < -0.3 is 27.4 Å². The van der Waals surface area contributed by atoms with Gasteiger partial charge in [-0.1, -0.05) is 282 Å². The summed E-state index contributed by atoms with van der Waals surface area (Å²) in [4.78, 5) is 11.2. The molecule has 602 valence electrons. The smallest absolute Gasteiger partial charge is 0.185 e. The maximum atomic E-state index is 5.63. The van der Waals surface area contributed by atoms with Crippen LogP contribution in [0.1, 0.15) is 61.6 Å². The minimum atomic E-state index is -3.32. The highest BCUT2D eigenvalue weighted by Crippen LogP contribution is 2.62. The quantitative estimate of drug-likeness (QED) is 0.154. The lowest BCUT2D eigenvalue weighted by Gasteiger charge is -2.43. The Bertz CT molecular complexity index is 9000. The summed E-state index contributed by atoms with van der Waals surface area (Å²) >= 11 is 0. The summed E-state index contributed by atoms with van der Waals surface area (Å²) in [5, 5.41) is 41.3. The van der Waals surface area contributed by atoms with Gasteiger partial charge in [-0.25, -0.2) is 0 Å². The van der Waals surface area contributed by atoms with Gasteiger partial charge in [-0.15, -0.1) is 20.4 Å². The Morgan fingerprint density at radius 3 is 0.992 bits per heavy atom. The minimum Gasteiger partial charge on any atom is -0.314 e. The van der Waals surface area contributed by atoms with Crippen molar-refractivity contribution in [2.24, 2.45) is 14.1 Å². The number of hydrogen-bond donors (Lipinski definition) is 0. The molecular formula is C114H78N12Si2. The third kappa shape index (κ3) is 8.26. The van der Waals surface area contributed by atoms with Gasteiger partial charge in [0.2, 0.25) is 0 Å². The Kier molecular flexibility index (Phi) is 13.5. The second kappa shape index (κ2) is 24.3. The van der Waals surface area contributed by atoms with Crippen LogP contribution in [0.2, 0.25) is 0 Å². The molecule has 0 N–H and O–H groups in total. The van der Waals surface area contributed by atoms with Crippen LogP contribution >= 0.6 is 0 Å². The van der Waals surface area contributed by atoms with E-state index in [1.54, 1.807) is 0 Å². The number of pyridine rings is 2. The first-order valence-corrected chi connectivity index (χ1v) is 48.5. The molecule has 0 atom stereocenters. The highest BCUT2D eigenvalue weighted by Gasteiger charge is 2.57. The average Bonchev–Trinajstić information content (AvgIpc) is 1.50. The van der Waals surface area contributed by atoms with Crippen molar-refractivity contribution in [1.29, 1.82) is 0 Å².